The van der Waals surface area contributed by atoms with E-state index in [9.17, 15) is 0 Å². The molecule has 0 saturated heterocycles. The SMILES string of the molecule is CCCCOCCOCCOCCOc1ncccc1N. The van der Waals surface area contributed by atoms with Crippen molar-refractivity contribution >= 4 is 5.69 Å². The Kier molecular flexibility index (Phi) is 10.4. The standard InChI is InChI=1S/C15H26N2O4/c1-2-3-7-18-8-9-19-10-11-20-12-13-21-15-14(16)5-4-6-17-15/h4-6H,2-3,7-13,16H2,1H3. The first-order valence-electron chi connectivity index (χ1n) is 7.41. The third kappa shape index (κ3) is 9.23. The molecule has 0 aliphatic heterocycles. The van der Waals surface area contributed by atoms with Crippen LogP contribution in [0.5, 0.6) is 5.88 Å². The van der Waals surface area contributed by atoms with Crippen LogP contribution in [0, 0.1) is 0 Å². The second-order valence-electron chi connectivity index (χ2n) is 4.44. The van der Waals surface area contributed by atoms with Gasteiger partial charge in [0.2, 0.25) is 5.88 Å². The van der Waals surface area contributed by atoms with Gasteiger partial charge >= 0.3 is 0 Å². The molecule has 0 spiro atoms. The van der Waals surface area contributed by atoms with Gasteiger partial charge in [0, 0.05) is 12.8 Å². The Labute approximate surface area is 126 Å². The quantitative estimate of drug-likeness (QED) is 0.560. The molecule has 120 valence electrons. The number of ether oxygens (including phenoxy) is 4. The van der Waals surface area contributed by atoms with Crippen molar-refractivity contribution in [2.24, 2.45) is 0 Å². The van der Waals surface area contributed by atoms with Crippen LogP contribution < -0.4 is 10.5 Å². The first-order chi connectivity index (χ1) is 10.3. The van der Waals surface area contributed by atoms with Crippen LogP contribution in [0.25, 0.3) is 0 Å². The van der Waals surface area contributed by atoms with E-state index in [4.69, 9.17) is 24.7 Å². The summed E-state index contributed by atoms with van der Waals surface area (Å²) in [6.07, 6.45) is 3.90. The summed E-state index contributed by atoms with van der Waals surface area (Å²) in [6.45, 7) is 6.19. The largest absolute Gasteiger partial charge is 0.474 e. The van der Waals surface area contributed by atoms with E-state index in [0.29, 0.717) is 51.2 Å². The number of nitrogens with two attached hydrogens (primary N) is 1. The highest BCUT2D eigenvalue weighted by Crippen LogP contribution is 2.15. The summed E-state index contributed by atoms with van der Waals surface area (Å²) < 4.78 is 21.5. The average molecular weight is 298 g/mol. The lowest BCUT2D eigenvalue weighted by molar-refractivity contribution is 0.00876. The summed E-state index contributed by atoms with van der Waals surface area (Å²) in [4.78, 5) is 4.03. The summed E-state index contributed by atoms with van der Waals surface area (Å²) in [5, 5.41) is 0. The van der Waals surface area contributed by atoms with Crippen molar-refractivity contribution in [1.82, 2.24) is 4.98 Å². The summed E-state index contributed by atoms with van der Waals surface area (Å²) in [7, 11) is 0. The molecule has 0 aliphatic rings. The highest BCUT2D eigenvalue weighted by atomic mass is 16.6. The van der Waals surface area contributed by atoms with Gasteiger partial charge in [0.25, 0.3) is 0 Å². The fourth-order valence-corrected chi connectivity index (χ4v) is 1.51. The maximum atomic E-state index is 5.70. The molecule has 0 unspecified atom stereocenters. The van der Waals surface area contributed by atoms with E-state index < -0.39 is 0 Å². The summed E-state index contributed by atoms with van der Waals surface area (Å²) >= 11 is 0. The number of nitrogens with zero attached hydrogens (tertiary/aromatic N) is 1. The summed E-state index contributed by atoms with van der Waals surface area (Å²) in [5.41, 5.74) is 6.23. The normalized spacial score (nSPS) is 10.7. The molecule has 0 amide bonds. The van der Waals surface area contributed by atoms with Crippen molar-refractivity contribution in [3.05, 3.63) is 18.3 Å². The van der Waals surface area contributed by atoms with Crippen LogP contribution in [-0.2, 0) is 14.2 Å². The van der Waals surface area contributed by atoms with Crippen LogP contribution in [0.3, 0.4) is 0 Å². The van der Waals surface area contributed by atoms with E-state index in [0.717, 1.165) is 19.4 Å². The Bertz CT molecular complexity index is 363. The van der Waals surface area contributed by atoms with Gasteiger partial charge < -0.3 is 24.7 Å². The van der Waals surface area contributed by atoms with Crippen LogP contribution in [0.2, 0.25) is 0 Å². The molecule has 2 N–H and O–H groups in total. The molecule has 0 bridgehead atoms. The minimum Gasteiger partial charge on any atom is -0.474 e. The molecular formula is C15H26N2O4. The second-order valence-corrected chi connectivity index (χ2v) is 4.44. The third-order valence-electron chi connectivity index (χ3n) is 2.65. The highest BCUT2D eigenvalue weighted by molar-refractivity contribution is 5.46. The Morgan fingerprint density at radius 1 is 0.952 bits per heavy atom. The molecule has 0 aliphatic carbocycles. The Morgan fingerprint density at radius 3 is 2.19 bits per heavy atom. The van der Waals surface area contributed by atoms with Crippen LogP contribution in [0.1, 0.15) is 19.8 Å². The number of nitrogen functional groups attached to an aromatic ring is 1. The smallest absolute Gasteiger partial charge is 0.237 e. The second kappa shape index (κ2) is 12.4. The number of aromatic nitrogens is 1. The molecule has 0 aromatic carbocycles. The number of hydrogen-bond acceptors (Lipinski definition) is 6. The fourth-order valence-electron chi connectivity index (χ4n) is 1.51. The molecule has 1 aromatic rings. The van der Waals surface area contributed by atoms with E-state index in [1.54, 1.807) is 18.3 Å². The zero-order chi connectivity index (χ0) is 15.2. The Morgan fingerprint density at radius 2 is 1.57 bits per heavy atom. The lowest BCUT2D eigenvalue weighted by Crippen LogP contribution is -2.13. The van der Waals surface area contributed by atoms with Crippen molar-refractivity contribution in [1.29, 1.82) is 0 Å². The summed E-state index contributed by atoms with van der Waals surface area (Å²) in [6, 6.07) is 3.52. The van der Waals surface area contributed by atoms with E-state index >= 15 is 0 Å². The zero-order valence-corrected chi connectivity index (χ0v) is 12.8. The molecule has 21 heavy (non-hydrogen) atoms. The highest BCUT2D eigenvalue weighted by Gasteiger charge is 1.99. The van der Waals surface area contributed by atoms with Crippen molar-refractivity contribution in [2.45, 2.75) is 19.8 Å². The van der Waals surface area contributed by atoms with E-state index in [2.05, 4.69) is 11.9 Å². The van der Waals surface area contributed by atoms with Crippen molar-refractivity contribution in [3.8, 4) is 5.88 Å². The van der Waals surface area contributed by atoms with Crippen LogP contribution in [-0.4, -0.2) is 51.2 Å². The Hall–Kier alpha value is -1.37. The molecule has 6 heteroatoms. The van der Waals surface area contributed by atoms with Gasteiger partial charge in [-0.3, -0.25) is 0 Å². The number of rotatable bonds is 13. The first-order valence-corrected chi connectivity index (χ1v) is 7.41. The van der Waals surface area contributed by atoms with Crippen molar-refractivity contribution in [2.75, 3.05) is 52.0 Å². The number of anilines is 1. The molecule has 1 aromatic heterocycles. The molecule has 0 saturated carbocycles. The van der Waals surface area contributed by atoms with Gasteiger partial charge in [0.1, 0.15) is 6.61 Å². The first kappa shape index (κ1) is 17.7. The predicted octanol–water partition coefficient (Wildman–Crippen LogP) is 1.89. The zero-order valence-electron chi connectivity index (χ0n) is 12.8. The number of unbranched alkanes of at least 4 members (excludes halogenated alkanes) is 1. The topological polar surface area (TPSA) is 75.8 Å². The van der Waals surface area contributed by atoms with Gasteiger partial charge in [0.15, 0.2) is 0 Å². The lowest BCUT2D eigenvalue weighted by Gasteiger charge is -2.08. The van der Waals surface area contributed by atoms with Crippen LogP contribution in [0.15, 0.2) is 18.3 Å². The fraction of sp³-hybridized carbons (Fsp3) is 0.667. The number of hydrogen-bond donors (Lipinski definition) is 1. The van der Waals surface area contributed by atoms with Crippen LogP contribution in [0.4, 0.5) is 5.69 Å². The maximum Gasteiger partial charge on any atom is 0.237 e. The van der Waals surface area contributed by atoms with Gasteiger partial charge in [-0.15, -0.1) is 0 Å². The molecule has 0 radical (unpaired) electrons. The van der Waals surface area contributed by atoms with Gasteiger partial charge in [-0.2, -0.15) is 0 Å². The average Bonchev–Trinajstić information content (AvgIpc) is 2.50. The molecule has 0 atom stereocenters. The minimum atomic E-state index is 0.418. The monoisotopic (exact) mass is 298 g/mol. The van der Waals surface area contributed by atoms with E-state index in [1.165, 1.54) is 0 Å². The van der Waals surface area contributed by atoms with E-state index in [-0.39, 0.29) is 0 Å². The predicted molar refractivity (Wildman–Crippen MR) is 81.5 cm³/mol. The molecule has 0 fully saturated rings. The molecular weight excluding hydrogens is 272 g/mol. The van der Waals surface area contributed by atoms with Gasteiger partial charge in [-0.05, 0) is 18.6 Å². The Balaban J connectivity index is 1.84. The van der Waals surface area contributed by atoms with Crippen molar-refractivity contribution in [3.63, 3.8) is 0 Å². The van der Waals surface area contributed by atoms with E-state index in [1.807, 2.05) is 0 Å². The van der Waals surface area contributed by atoms with Gasteiger partial charge in [0.05, 0.1) is 38.7 Å². The van der Waals surface area contributed by atoms with Crippen molar-refractivity contribution < 1.29 is 18.9 Å². The lowest BCUT2D eigenvalue weighted by atomic mass is 10.4. The van der Waals surface area contributed by atoms with Gasteiger partial charge in [-0.1, -0.05) is 13.3 Å². The maximum absolute atomic E-state index is 5.70. The molecule has 6 nitrogen and oxygen atoms in total. The minimum absolute atomic E-state index is 0.418. The van der Waals surface area contributed by atoms with Crippen LogP contribution >= 0.6 is 0 Å². The summed E-state index contributed by atoms with van der Waals surface area (Å²) in [5.74, 6) is 0.446. The number of pyridine rings is 1. The molecule has 1 heterocycles. The third-order valence-corrected chi connectivity index (χ3v) is 2.65. The molecule has 1 rings (SSSR count). The van der Waals surface area contributed by atoms with Gasteiger partial charge in [-0.25, -0.2) is 4.98 Å².